The van der Waals surface area contributed by atoms with E-state index in [1.807, 2.05) is 13.0 Å². The van der Waals surface area contributed by atoms with Gasteiger partial charge < -0.3 is 14.8 Å². The number of aryl methyl sites for hydroxylation is 1. The molecule has 2 aromatic rings. The third-order valence-corrected chi connectivity index (χ3v) is 3.66. The summed E-state index contributed by atoms with van der Waals surface area (Å²) < 4.78 is 10.1. The highest BCUT2D eigenvalue weighted by Gasteiger charge is 2.16. The van der Waals surface area contributed by atoms with Crippen LogP contribution in [0.1, 0.15) is 15.9 Å². The third kappa shape index (κ3) is 4.63. The summed E-state index contributed by atoms with van der Waals surface area (Å²) in [6.45, 7) is 1.43. The predicted molar refractivity (Wildman–Crippen MR) is 93.1 cm³/mol. The van der Waals surface area contributed by atoms with Crippen molar-refractivity contribution in [1.29, 1.82) is 0 Å². The molecule has 0 aliphatic heterocycles. The van der Waals surface area contributed by atoms with Crippen LogP contribution in [0.5, 0.6) is 5.75 Å². The molecule has 1 N–H and O–H groups in total. The molecule has 7 heteroatoms. The van der Waals surface area contributed by atoms with Crippen LogP contribution in [-0.2, 0) is 9.53 Å². The molecule has 24 heavy (non-hydrogen) atoms. The first kappa shape index (κ1) is 18.1. The molecule has 2 aromatic carbocycles. The number of hydrogen-bond donors (Lipinski definition) is 1. The number of ether oxygens (including phenoxy) is 2. The maximum absolute atomic E-state index is 12.1. The molecule has 1 amide bonds. The quantitative estimate of drug-likeness (QED) is 0.807. The SMILES string of the molecule is COc1ccc(Cl)cc1C(=O)OCC(=O)Nc1ccc(C)cc1Cl. The van der Waals surface area contributed by atoms with Crippen LogP contribution >= 0.6 is 23.2 Å². The standard InChI is InChI=1S/C17H15Cl2NO4/c1-10-3-5-14(13(19)7-10)20-16(21)9-24-17(22)12-8-11(18)4-6-15(12)23-2/h3-8H,9H2,1-2H3,(H,20,21). The van der Waals surface area contributed by atoms with E-state index in [2.05, 4.69) is 5.32 Å². The van der Waals surface area contributed by atoms with Crippen molar-refractivity contribution in [3.63, 3.8) is 0 Å². The average Bonchev–Trinajstić information content (AvgIpc) is 2.55. The number of methoxy groups -OCH3 is 1. The monoisotopic (exact) mass is 367 g/mol. The fraction of sp³-hybridized carbons (Fsp3) is 0.176. The van der Waals surface area contributed by atoms with Gasteiger partial charge in [-0.15, -0.1) is 0 Å². The molecule has 2 rings (SSSR count). The van der Waals surface area contributed by atoms with Gasteiger partial charge in [0.25, 0.3) is 5.91 Å². The molecule has 126 valence electrons. The lowest BCUT2D eigenvalue weighted by molar-refractivity contribution is -0.119. The van der Waals surface area contributed by atoms with E-state index in [-0.39, 0.29) is 5.56 Å². The number of rotatable bonds is 5. The van der Waals surface area contributed by atoms with Gasteiger partial charge in [0.1, 0.15) is 11.3 Å². The minimum Gasteiger partial charge on any atom is -0.496 e. The molecule has 0 radical (unpaired) electrons. The maximum Gasteiger partial charge on any atom is 0.342 e. The zero-order valence-corrected chi connectivity index (χ0v) is 14.6. The van der Waals surface area contributed by atoms with E-state index in [4.69, 9.17) is 32.7 Å². The summed E-state index contributed by atoms with van der Waals surface area (Å²) in [4.78, 5) is 24.0. The van der Waals surface area contributed by atoms with E-state index in [1.54, 1.807) is 24.3 Å². The number of anilines is 1. The number of carbonyl (C=O) groups is 2. The first-order chi connectivity index (χ1) is 11.4. The molecule has 0 heterocycles. The molecule has 0 aliphatic carbocycles. The van der Waals surface area contributed by atoms with Gasteiger partial charge in [-0.3, -0.25) is 4.79 Å². The summed E-state index contributed by atoms with van der Waals surface area (Å²) in [5.74, 6) is -0.902. The number of halogens is 2. The molecule has 0 unspecified atom stereocenters. The molecule has 5 nitrogen and oxygen atoms in total. The van der Waals surface area contributed by atoms with Gasteiger partial charge in [0.05, 0.1) is 17.8 Å². The Kier molecular flexibility index (Phi) is 6.06. The Morgan fingerprint density at radius 2 is 1.88 bits per heavy atom. The Balaban J connectivity index is 1.99. The van der Waals surface area contributed by atoms with Crippen molar-refractivity contribution in [2.45, 2.75) is 6.92 Å². The number of esters is 1. The fourth-order valence-electron chi connectivity index (χ4n) is 1.96. The van der Waals surface area contributed by atoms with Crippen molar-refractivity contribution < 1.29 is 19.1 Å². The lowest BCUT2D eigenvalue weighted by Gasteiger charge is -2.10. The second-order valence-corrected chi connectivity index (χ2v) is 5.80. The van der Waals surface area contributed by atoms with Crippen LogP contribution in [0.4, 0.5) is 5.69 Å². The molecule has 0 saturated heterocycles. The van der Waals surface area contributed by atoms with Crippen molar-refractivity contribution in [1.82, 2.24) is 0 Å². The van der Waals surface area contributed by atoms with Gasteiger partial charge in [-0.2, -0.15) is 0 Å². The van der Waals surface area contributed by atoms with E-state index < -0.39 is 18.5 Å². The first-order valence-corrected chi connectivity index (χ1v) is 7.73. The Labute approximate surface area is 149 Å². The molecule has 0 saturated carbocycles. The van der Waals surface area contributed by atoms with Gasteiger partial charge in [0.15, 0.2) is 6.61 Å². The molecule has 0 aliphatic rings. The number of hydrogen-bond acceptors (Lipinski definition) is 4. The summed E-state index contributed by atoms with van der Waals surface area (Å²) in [6.07, 6.45) is 0. The summed E-state index contributed by atoms with van der Waals surface area (Å²) in [7, 11) is 1.42. The molecular formula is C17H15Cl2NO4. The fourth-order valence-corrected chi connectivity index (χ4v) is 2.41. The van der Waals surface area contributed by atoms with E-state index >= 15 is 0 Å². The Morgan fingerprint density at radius 1 is 1.12 bits per heavy atom. The van der Waals surface area contributed by atoms with E-state index in [0.717, 1.165) is 5.56 Å². The zero-order valence-electron chi connectivity index (χ0n) is 13.1. The Morgan fingerprint density at radius 3 is 2.54 bits per heavy atom. The highest BCUT2D eigenvalue weighted by atomic mass is 35.5. The van der Waals surface area contributed by atoms with Crippen LogP contribution in [0, 0.1) is 6.92 Å². The lowest BCUT2D eigenvalue weighted by Crippen LogP contribution is -2.21. The van der Waals surface area contributed by atoms with Crippen LogP contribution in [0.3, 0.4) is 0 Å². The smallest absolute Gasteiger partial charge is 0.342 e. The van der Waals surface area contributed by atoms with Gasteiger partial charge >= 0.3 is 5.97 Å². The maximum atomic E-state index is 12.1. The normalized spacial score (nSPS) is 10.2. The van der Waals surface area contributed by atoms with Gasteiger partial charge in [0, 0.05) is 5.02 Å². The van der Waals surface area contributed by atoms with Gasteiger partial charge in [-0.25, -0.2) is 4.79 Å². The molecule has 0 bridgehead atoms. The number of nitrogens with one attached hydrogen (secondary N) is 1. The van der Waals surface area contributed by atoms with Crippen LogP contribution < -0.4 is 10.1 Å². The minimum atomic E-state index is -0.709. The zero-order chi connectivity index (χ0) is 17.7. The van der Waals surface area contributed by atoms with E-state index in [0.29, 0.717) is 21.5 Å². The average molecular weight is 368 g/mol. The van der Waals surface area contributed by atoms with Crippen molar-refractivity contribution in [2.24, 2.45) is 0 Å². The summed E-state index contributed by atoms with van der Waals surface area (Å²) in [5, 5.41) is 3.35. The van der Waals surface area contributed by atoms with Crippen LogP contribution in [0.2, 0.25) is 10.0 Å². The van der Waals surface area contributed by atoms with Crippen molar-refractivity contribution in [2.75, 3.05) is 19.0 Å². The lowest BCUT2D eigenvalue weighted by atomic mass is 10.2. The summed E-state index contributed by atoms with van der Waals surface area (Å²) in [5.41, 5.74) is 1.56. The highest BCUT2D eigenvalue weighted by Crippen LogP contribution is 2.24. The molecule has 0 aromatic heterocycles. The second kappa shape index (κ2) is 8.04. The highest BCUT2D eigenvalue weighted by molar-refractivity contribution is 6.33. The van der Waals surface area contributed by atoms with Crippen molar-refractivity contribution >= 4 is 40.8 Å². The van der Waals surface area contributed by atoms with Gasteiger partial charge in [-0.1, -0.05) is 29.3 Å². The topological polar surface area (TPSA) is 64.6 Å². The van der Waals surface area contributed by atoms with Crippen molar-refractivity contribution in [3.05, 3.63) is 57.6 Å². The third-order valence-electron chi connectivity index (χ3n) is 3.11. The predicted octanol–water partition coefficient (Wildman–Crippen LogP) is 4.11. The van der Waals surface area contributed by atoms with Crippen LogP contribution in [0.25, 0.3) is 0 Å². The summed E-state index contributed by atoms with van der Waals surface area (Å²) in [6, 6.07) is 9.76. The Bertz CT molecular complexity index is 777. The van der Waals surface area contributed by atoms with Gasteiger partial charge in [-0.05, 0) is 42.8 Å². The largest absolute Gasteiger partial charge is 0.496 e. The van der Waals surface area contributed by atoms with E-state index in [9.17, 15) is 9.59 Å². The second-order valence-electron chi connectivity index (χ2n) is 4.95. The van der Waals surface area contributed by atoms with Crippen LogP contribution in [0.15, 0.2) is 36.4 Å². The van der Waals surface area contributed by atoms with Gasteiger partial charge in [0.2, 0.25) is 0 Å². The molecule has 0 fully saturated rings. The number of amides is 1. The molecular weight excluding hydrogens is 353 g/mol. The first-order valence-electron chi connectivity index (χ1n) is 6.97. The van der Waals surface area contributed by atoms with Crippen molar-refractivity contribution in [3.8, 4) is 5.75 Å². The minimum absolute atomic E-state index is 0.145. The van der Waals surface area contributed by atoms with Crippen LogP contribution in [-0.4, -0.2) is 25.6 Å². The number of carbonyl (C=O) groups excluding carboxylic acids is 2. The number of benzene rings is 2. The van der Waals surface area contributed by atoms with E-state index in [1.165, 1.54) is 13.2 Å². The molecule has 0 atom stereocenters. The summed E-state index contributed by atoms with van der Waals surface area (Å²) >= 11 is 11.9. The molecule has 0 spiro atoms. The Hall–Kier alpha value is -2.24.